The van der Waals surface area contributed by atoms with Crippen molar-refractivity contribution in [3.63, 3.8) is 0 Å². The largest absolute Gasteiger partial charge is 0.0620 e. The molecule has 5 aliphatic carbocycles. The lowest BCUT2D eigenvalue weighted by Crippen LogP contribution is -2.62. The van der Waals surface area contributed by atoms with Crippen molar-refractivity contribution in [2.24, 2.45) is 45.3 Å². The highest BCUT2D eigenvalue weighted by molar-refractivity contribution is 5.53. The molecular formula is C26H38. The van der Waals surface area contributed by atoms with Crippen LogP contribution in [0.5, 0.6) is 0 Å². The summed E-state index contributed by atoms with van der Waals surface area (Å²) in [5.74, 6) is 5.48. The van der Waals surface area contributed by atoms with Gasteiger partial charge in [-0.3, -0.25) is 0 Å². The van der Waals surface area contributed by atoms with Crippen LogP contribution in [-0.2, 0) is 6.42 Å². The number of aryl methyl sites for hydroxylation is 1. The van der Waals surface area contributed by atoms with Gasteiger partial charge in [0.15, 0.2) is 0 Å². The molecule has 1 spiro atoms. The molecule has 0 N–H and O–H groups in total. The average Bonchev–Trinajstić information content (AvgIpc) is 3.39. The summed E-state index contributed by atoms with van der Waals surface area (Å²) in [6.45, 7) is 17.0. The Kier molecular flexibility index (Phi) is 3.19. The zero-order chi connectivity index (χ0) is 18.7. The van der Waals surface area contributed by atoms with Gasteiger partial charge in [-0.2, -0.15) is 0 Å². The average molecular weight is 351 g/mol. The van der Waals surface area contributed by atoms with Crippen molar-refractivity contribution in [3.05, 3.63) is 35.4 Å². The monoisotopic (exact) mass is 350 g/mol. The summed E-state index contributed by atoms with van der Waals surface area (Å²) in [5.41, 5.74) is 5.97. The van der Waals surface area contributed by atoms with Gasteiger partial charge in [-0.15, -0.1) is 0 Å². The third-order valence-corrected chi connectivity index (χ3v) is 9.35. The van der Waals surface area contributed by atoms with Gasteiger partial charge in [0.25, 0.3) is 0 Å². The summed E-state index contributed by atoms with van der Waals surface area (Å²) in [6, 6.07) is 8.98. The van der Waals surface area contributed by atoms with Gasteiger partial charge in [0, 0.05) is 0 Å². The summed E-state index contributed by atoms with van der Waals surface area (Å²) < 4.78 is 0. The molecule has 0 aromatic heterocycles. The zero-order valence-electron chi connectivity index (χ0n) is 18.0. The molecule has 0 amide bonds. The van der Waals surface area contributed by atoms with E-state index in [1.165, 1.54) is 37.0 Å². The molecule has 0 bridgehead atoms. The second-order valence-electron chi connectivity index (χ2n) is 12.6. The first-order valence-corrected chi connectivity index (χ1v) is 11.1. The van der Waals surface area contributed by atoms with E-state index in [0.717, 1.165) is 22.7 Å². The van der Waals surface area contributed by atoms with E-state index in [0.29, 0.717) is 10.8 Å². The van der Waals surface area contributed by atoms with E-state index in [1.54, 1.807) is 17.5 Å². The maximum atomic E-state index is 2.57. The Labute approximate surface area is 161 Å². The first-order valence-electron chi connectivity index (χ1n) is 11.1. The first-order chi connectivity index (χ1) is 12.0. The van der Waals surface area contributed by atoms with Gasteiger partial charge in [0.05, 0.1) is 0 Å². The lowest BCUT2D eigenvalue weighted by Gasteiger charge is -2.67. The Hall–Kier alpha value is -0.780. The first kappa shape index (κ1) is 17.3. The van der Waals surface area contributed by atoms with Gasteiger partial charge >= 0.3 is 0 Å². The molecule has 0 heterocycles. The van der Waals surface area contributed by atoms with Crippen LogP contribution in [0.4, 0.5) is 0 Å². The van der Waals surface area contributed by atoms with E-state index >= 15 is 0 Å². The fourth-order valence-corrected chi connectivity index (χ4v) is 8.67. The minimum atomic E-state index is 0.413. The minimum absolute atomic E-state index is 0.413. The molecule has 4 fully saturated rings. The fraction of sp³-hybridized carbons (Fsp3) is 0.769. The maximum absolute atomic E-state index is 2.57. The predicted octanol–water partition coefficient (Wildman–Crippen LogP) is 7.09. The van der Waals surface area contributed by atoms with Crippen LogP contribution < -0.4 is 0 Å². The lowest BCUT2D eigenvalue weighted by molar-refractivity contribution is -0.198. The summed E-state index contributed by atoms with van der Waals surface area (Å²) in [7, 11) is 0. The maximum Gasteiger partial charge on any atom is -0.0110 e. The van der Waals surface area contributed by atoms with Crippen molar-refractivity contribution in [2.45, 2.75) is 80.1 Å². The Morgan fingerprint density at radius 2 is 1.62 bits per heavy atom. The molecule has 26 heavy (non-hydrogen) atoms. The summed E-state index contributed by atoms with van der Waals surface area (Å²) in [6.07, 6.45) is 5.58. The molecule has 142 valence electrons. The predicted molar refractivity (Wildman–Crippen MR) is 110 cm³/mol. The molecule has 1 aromatic rings. The standard InChI is InChI=1S/C14H20.C12H18/c1-14(2,3)13-10-6-8-11-7-4-5-9-12(11)13;1-10(2,3)9-8-7-6-5-11(9,4)12(6,7)8/h4-5,7,9,13H,6,8,10H2,1-3H3;6-9H,5H2,1-4H3/t;6-,7-,8-,9?,11-,12+/m.1/s1. The zero-order valence-corrected chi connectivity index (χ0v) is 18.0. The molecule has 0 heteroatoms. The molecule has 0 saturated heterocycles. The van der Waals surface area contributed by atoms with Crippen molar-refractivity contribution >= 4 is 0 Å². The molecule has 4 saturated carbocycles. The lowest BCUT2D eigenvalue weighted by atomic mass is 9.37. The van der Waals surface area contributed by atoms with Crippen LogP contribution in [0.15, 0.2) is 24.3 Å². The Morgan fingerprint density at radius 3 is 2.08 bits per heavy atom. The Bertz CT molecular complexity index is 744. The van der Waals surface area contributed by atoms with E-state index in [-0.39, 0.29) is 0 Å². The van der Waals surface area contributed by atoms with Crippen LogP contribution in [0.1, 0.15) is 84.8 Å². The highest BCUT2D eigenvalue weighted by atomic mass is 15.1. The third-order valence-electron chi connectivity index (χ3n) is 9.35. The molecule has 0 aliphatic heterocycles. The quantitative estimate of drug-likeness (QED) is 0.468. The van der Waals surface area contributed by atoms with Crippen LogP contribution in [0, 0.1) is 45.3 Å². The summed E-state index contributed by atoms with van der Waals surface area (Å²) in [4.78, 5) is 0. The van der Waals surface area contributed by atoms with Gasteiger partial charge in [0.1, 0.15) is 0 Å². The van der Waals surface area contributed by atoms with Gasteiger partial charge in [-0.25, -0.2) is 0 Å². The number of hydrogen-bond acceptors (Lipinski definition) is 0. The van der Waals surface area contributed by atoms with E-state index in [2.05, 4.69) is 72.7 Å². The molecule has 1 aromatic carbocycles. The third kappa shape index (κ3) is 1.87. The highest BCUT2D eigenvalue weighted by Crippen LogP contribution is 3.10. The Balaban J connectivity index is 0.000000116. The van der Waals surface area contributed by atoms with Gasteiger partial charge < -0.3 is 0 Å². The summed E-state index contributed by atoms with van der Waals surface area (Å²) in [5, 5.41) is 0. The molecule has 0 nitrogen and oxygen atoms in total. The van der Waals surface area contributed by atoms with Crippen LogP contribution in [0.2, 0.25) is 0 Å². The summed E-state index contributed by atoms with van der Waals surface area (Å²) >= 11 is 0. The molecular weight excluding hydrogens is 312 g/mol. The van der Waals surface area contributed by atoms with E-state index in [1.807, 2.05) is 0 Å². The van der Waals surface area contributed by atoms with Crippen LogP contribution in [0.3, 0.4) is 0 Å². The number of benzene rings is 1. The molecule has 7 atom stereocenters. The smallest absolute Gasteiger partial charge is 0.0110 e. The SMILES string of the molecule is CC(C)(C)C1CCCc2ccccc21.CC(C)(C)C1[C@H]2[C@H]3[C@H]4C[C@@]1(C)[C@]342. The van der Waals surface area contributed by atoms with Crippen molar-refractivity contribution in [3.8, 4) is 0 Å². The van der Waals surface area contributed by atoms with Crippen molar-refractivity contribution in [2.75, 3.05) is 0 Å². The van der Waals surface area contributed by atoms with Gasteiger partial charge in [-0.1, -0.05) is 72.7 Å². The molecule has 0 radical (unpaired) electrons. The number of fused-ring (bicyclic) bond motifs is 3. The van der Waals surface area contributed by atoms with E-state index in [9.17, 15) is 0 Å². The highest BCUT2D eigenvalue weighted by Gasteiger charge is 3.07. The second-order valence-corrected chi connectivity index (χ2v) is 12.6. The molecule has 6 rings (SSSR count). The van der Waals surface area contributed by atoms with Crippen molar-refractivity contribution in [1.29, 1.82) is 0 Å². The fourth-order valence-electron chi connectivity index (χ4n) is 8.67. The van der Waals surface area contributed by atoms with Crippen LogP contribution in [0.25, 0.3) is 0 Å². The topological polar surface area (TPSA) is 0 Å². The Morgan fingerprint density at radius 1 is 0.923 bits per heavy atom. The molecule has 5 aliphatic rings. The second kappa shape index (κ2) is 4.79. The van der Waals surface area contributed by atoms with Crippen LogP contribution in [-0.4, -0.2) is 0 Å². The van der Waals surface area contributed by atoms with Gasteiger partial charge in [-0.05, 0) is 88.1 Å². The normalized spacial score (nSPS) is 46.3. The number of hydrogen-bond donors (Lipinski definition) is 0. The van der Waals surface area contributed by atoms with Crippen LogP contribution >= 0.6 is 0 Å². The molecule has 2 unspecified atom stereocenters. The van der Waals surface area contributed by atoms with E-state index in [4.69, 9.17) is 0 Å². The van der Waals surface area contributed by atoms with Gasteiger partial charge in [0.2, 0.25) is 0 Å². The number of rotatable bonds is 0. The van der Waals surface area contributed by atoms with Crippen molar-refractivity contribution < 1.29 is 0 Å². The van der Waals surface area contributed by atoms with E-state index < -0.39 is 0 Å². The minimum Gasteiger partial charge on any atom is -0.0620 e. The van der Waals surface area contributed by atoms with Crippen molar-refractivity contribution in [1.82, 2.24) is 0 Å².